The lowest BCUT2D eigenvalue weighted by molar-refractivity contribution is 0.393. The molecule has 4 atom stereocenters. The summed E-state index contributed by atoms with van der Waals surface area (Å²) in [5.74, 6) is 0.915. The van der Waals surface area contributed by atoms with Crippen molar-refractivity contribution in [3.63, 3.8) is 0 Å². The van der Waals surface area contributed by atoms with Crippen molar-refractivity contribution in [1.82, 2.24) is 5.32 Å². The Morgan fingerprint density at radius 1 is 1.16 bits per heavy atom. The molecule has 2 nitrogen and oxygen atoms in total. The molecule has 0 heterocycles. The molecule has 0 spiro atoms. The molecule has 4 unspecified atom stereocenters. The third-order valence-corrected chi connectivity index (χ3v) is 6.61. The van der Waals surface area contributed by atoms with Crippen molar-refractivity contribution >= 4 is 11.8 Å². The van der Waals surface area contributed by atoms with Crippen LogP contribution in [0.2, 0.25) is 0 Å². The van der Waals surface area contributed by atoms with Crippen molar-refractivity contribution in [3.05, 3.63) is 0 Å². The summed E-state index contributed by atoms with van der Waals surface area (Å²) in [6.45, 7) is 2.40. The lowest BCUT2D eigenvalue weighted by Gasteiger charge is -2.29. The first kappa shape index (κ1) is 13.8. The van der Waals surface area contributed by atoms with E-state index >= 15 is 0 Å². The first-order valence-electron chi connectivity index (χ1n) is 8.03. The highest BCUT2D eigenvalue weighted by Crippen LogP contribution is 2.43. The van der Waals surface area contributed by atoms with E-state index in [-0.39, 0.29) is 5.54 Å². The second-order valence-corrected chi connectivity index (χ2v) is 8.61. The standard InChI is InChI=1S/C16H26N2S/c1-12-3-2-4-14(9-12)19-15-7-8-16(10-15,11-17)18-13-5-6-13/h12-15,18H,2-10H2,1H3. The van der Waals surface area contributed by atoms with Crippen molar-refractivity contribution in [2.75, 3.05) is 0 Å². The van der Waals surface area contributed by atoms with Crippen molar-refractivity contribution in [3.8, 4) is 6.07 Å². The van der Waals surface area contributed by atoms with E-state index < -0.39 is 0 Å². The van der Waals surface area contributed by atoms with Gasteiger partial charge in [0.25, 0.3) is 0 Å². The zero-order valence-electron chi connectivity index (χ0n) is 12.0. The van der Waals surface area contributed by atoms with Crippen molar-refractivity contribution in [2.45, 2.75) is 86.8 Å². The highest BCUT2D eigenvalue weighted by Gasteiger charge is 2.43. The van der Waals surface area contributed by atoms with Crippen LogP contribution in [0.25, 0.3) is 0 Å². The maximum atomic E-state index is 9.54. The van der Waals surface area contributed by atoms with Gasteiger partial charge in [0, 0.05) is 16.5 Å². The first-order chi connectivity index (χ1) is 9.19. The normalized spacial score (nSPS) is 43.1. The van der Waals surface area contributed by atoms with Gasteiger partial charge in [0.1, 0.15) is 5.54 Å². The number of thioether (sulfide) groups is 1. The van der Waals surface area contributed by atoms with Crippen LogP contribution in [0, 0.1) is 17.2 Å². The molecule has 106 valence electrons. The van der Waals surface area contributed by atoms with Crippen molar-refractivity contribution in [2.24, 2.45) is 5.92 Å². The first-order valence-corrected chi connectivity index (χ1v) is 8.98. The summed E-state index contributed by atoms with van der Waals surface area (Å²) in [5, 5.41) is 14.7. The van der Waals surface area contributed by atoms with Crippen LogP contribution in [0.1, 0.15) is 64.7 Å². The highest BCUT2D eigenvalue weighted by atomic mass is 32.2. The Morgan fingerprint density at radius 3 is 2.68 bits per heavy atom. The monoisotopic (exact) mass is 278 g/mol. The second-order valence-electron chi connectivity index (χ2n) is 7.01. The summed E-state index contributed by atoms with van der Waals surface area (Å²) in [4.78, 5) is 0. The molecule has 0 aromatic heterocycles. The quantitative estimate of drug-likeness (QED) is 0.848. The van der Waals surface area contributed by atoms with Gasteiger partial charge in [-0.05, 0) is 50.9 Å². The van der Waals surface area contributed by atoms with Gasteiger partial charge in [-0.15, -0.1) is 0 Å². The second kappa shape index (κ2) is 5.66. The fourth-order valence-electron chi connectivity index (χ4n) is 3.77. The number of nitriles is 1. The predicted molar refractivity (Wildman–Crippen MR) is 81.2 cm³/mol. The predicted octanol–water partition coefficient (Wildman–Crippen LogP) is 3.87. The van der Waals surface area contributed by atoms with Crippen LogP contribution in [-0.2, 0) is 0 Å². The van der Waals surface area contributed by atoms with Gasteiger partial charge in [-0.25, -0.2) is 0 Å². The summed E-state index contributed by atoms with van der Waals surface area (Å²) in [6, 6.07) is 3.25. The summed E-state index contributed by atoms with van der Waals surface area (Å²) < 4.78 is 0. The number of rotatable bonds is 4. The van der Waals surface area contributed by atoms with Crippen LogP contribution in [0.15, 0.2) is 0 Å². The summed E-state index contributed by atoms with van der Waals surface area (Å²) >= 11 is 2.21. The smallest absolute Gasteiger partial charge is 0.108 e. The van der Waals surface area contributed by atoms with Crippen LogP contribution in [0.3, 0.4) is 0 Å². The Labute approximate surface area is 121 Å². The highest BCUT2D eigenvalue weighted by molar-refractivity contribution is 8.00. The Hall–Kier alpha value is -0.200. The zero-order chi connectivity index (χ0) is 13.3. The van der Waals surface area contributed by atoms with Crippen molar-refractivity contribution in [1.29, 1.82) is 5.26 Å². The molecule has 19 heavy (non-hydrogen) atoms. The van der Waals surface area contributed by atoms with E-state index in [4.69, 9.17) is 0 Å². The van der Waals surface area contributed by atoms with E-state index in [0.717, 1.165) is 29.3 Å². The van der Waals surface area contributed by atoms with Crippen LogP contribution >= 0.6 is 11.8 Å². The molecule has 0 bridgehead atoms. The third kappa shape index (κ3) is 3.47. The molecule has 1 N–H and O–H groups in total. The zero-order valence-corrected chi connectivity index (χ0v) is 12.8. The number of hydrogen-bond acceptors (Lipinski definition) is 3. The van der Waals surface area contributed by atoms with E-state index in [1.54, 1.807) is 0 Å². The van der Waals surface area contributed by atoms with Gasteiger partial charge >= 0.3 is 0 Å². The Kier molecular flexibility index (Phi) is 4.10. The minimum Gasteiger partial charge on any atom is -0.297 e. The van der Waals surface area contributed by atoms with Crippen LogP contribution in [0.4, 0.5) is 0 Å². The van der Waals surface area contributed by atoms with Gasteiger partial charge < -0.3 is 0 Å². The van der Waals surface area contributed by atoms with Gasteiger partial charge in [0.2, 0.25) is 0 Å². The number of hydrogen-bond donors (Lipinski definition) is 1. The minimum absolute atomic E-state index is 0.181. The molecule has 3 fully saturated rings. The lowest BCUT2D eigenvalue weighted by atomic mass is 9.91. The fourth-order valence-corrected chi connectivity index (χ4v) is 5.70. The van der Waals surface area contributed by atoms with Gasteiger partial charge in [0.05, 0.1) is 6.07 Å². The molecule has 3 aliphatic carbocycles. The third-order valence-electron chi connectivity index (χ3n) is 5.01. The molecule has 0 aliphatic heterocycles. The van der Waals surface area contributed by atoms with Gasteiger partial charge in [0.15, 0.2) is 0 Å². The van der Waals surface area contributed by atoms with Gasteiger partial charge in [-0.3, -0.25) is 5.32 Å². The fraction of sp³-hybridized carbons (Fsp3) is 0.938. The number of nitrogens with zero attached hydrogens (tertiary/aromatic N) is 1. The summed E-state index contributed by atoms with van der Waals surface area (Å²) in [5.41, 5.74) is -0.181. The molecular weight excluding hydrogens is 252 g/mol. The molecule has 0 radical (unpaired) electrons. The van der Waals surface area contributed by atoms with E-state index in [1.165, 1.54) is 44.9 Å². The maximum absolute atomic E-state index is 9.54. The molecule has 3 heteroatoms. The maximum Gasteiger partial charge on any atom is 0.108 e. The minimum atomic E-state index is -0.181. The van der Waals surface area contributed by atoms with E-state index in [1.807, 2.05) is 0 Å². The Morgan fingerprint density at radius 2 is 2.00 bits per heavy atom. The molecule has 0 aromatic carbocycles. The van der Waals surface area contributed by atoms with E-state index in [0.29, 0.717) is 6.04 Å². The summed E-state index contributed by atoms with van der Waals surface area (Å²) in [7, 11) is 0. The molecular formula is C16H26N2S. The Balaban J connectivity index is 1.51. The topological polar surface area (TPSA) is 35.8 Å². The average molecular weight is 278 g/mol. The molecule has 0 aromatic rings. The average Bonchev–Trinajstić information content (AvgIpc) is 3.11. The molecule has 3 rings (SSSR count). The number of nitrogens with one attached hydrogen (secondary N) is 1. The van der Waals surface area contributed by atoms with Crippen LogP contribution in [-0.4, -0.2) is 22.1 Å². The largest absolute Gasteiger partial charge is 0.297 e. The van der Waals surface area contributed by atoms with E-state index in [9.17, 15) is 5.26 Å². The van der Waals surface area contributed by atoms with Gasteiger partial charge in [-0.1, -0.05) is 19.8 Å². The lowest BCUT2D eigenvalue weighted by Crippen LogP contribution is -2.43. The molecule has 3 aliphatic rings. The summed E-state index contributed by atoms with van der Waals surface area (Å²) in [6.07, 6.45) is 11.6. The Bertz CT molecular complexity index is 360. The molecule has 0 saturated heterocycles. The van der Waals surface area contributed by atoms with Crippen LogP contribution < -0.4 is 5.32 Å². The SMILES string of the molecule is CC1CCCC(SC2CCC(C#N)(NC3CC3)C2)C1. The van der Waals surface area contributed by atoms with Crippen molar-refractivity contribution < 1.29 is 0 Å². The van der Waals surface area contributed by atoms with Crippen LogP contribution in [0.5, 0.6) is 0 Å². The molecule has 0 amide bonds. The molecule has 3 saturated carbocycles. The van der Waals surface area contributed by atoms with Gasteiger partial charge in [-0.2, -0.15) is 17.0 Å². The van der Waals surface area contributed by atoms with E-state index in [2.05, 4.69) is 30.1 Å².